The van der Waals surface area contributed by atoms with E-state index in [1.54, 1.807) is 13.3 Å². The molecular formula is C15H16N2O4. The van der Waals surface area contributed by atoms with Gasteiger partial charge in [0.2, 0.25) is 5.88 Å². The largest absolute Gasteiger partial charge is 0.497 e. The molecule has 1 aromatic carbocycles. The van der Waals surface area contributed by atoms with E-state index >= 15 is 0 Å². The highest BCUT2D eigenvalue weighted by Gasteiger charge is 2.30. The first-order valence-electron chi connectivity index (χ1n) is 6.73. The molecule has 2 aromatic rings. The summed E-state index contributed by atoms with van der Waals surface area (Å²) >= 11 is 0. The first-order valence-corrected chi connectivity index (χ1v) is 6.73. The third-order valence-corrected chi connectivity index (χ3v) is 3.60. The maximum atomic E-state index is 10.9. The second-order valence-electron chi connectivity index (χ2n) is 4.98. The summed E-state index contributed by atoms with van der Waals surface area (Å²) in [6.07, 6.45) is 1.92. The lowest BCUT2D eigenvalue weighted by Gasteiger charge is -2.13. The van der Waals surface area contributed by atoms with Crippen molar-refractivity contribution in [2.24, 2.45) is 0 Å². The number of rotatable bonds is 4. The predicted molar refractivity (Wildman–Crippen MR) is 76.8 cm³/mol. The van der Waals surface area contributed by atoms with Crippen molar-refractivity contribution in [1.29, 1.82) is 0 Å². The van der Waals surface area contributed by atoms with Crippen LogP contribution in [0.25, 0.3) is 10.8 Å². The van der Waals surface area contributed by atoms with Crippen molar-refractivity contribution < 1.29 is 19.4 Å². The van der Waals surface area contributed by atoms with Crippen molar-refractivity contribution >= 4 is 16.7 Å². The summed E-state index contributed by atoms with van der Waals surface area (Å²) in [6, 6.07) is 7.00. The van der Waals surface area contributed by atoms with Gasteiger partial charge < -0.3 is 19.9 Å². The van der Waals surface area contributed by atoms with E-state index in [-0.39, 0.29) is 6.10 Å². The minimum atomic E-state index is -0.850. The minimum absolute atomic E-state index is 0.189. The van der Waals surface area contributed by atoms with Crippen LogP contribution in [0.1, 0.15) is 6.42 Å². The molecule has 1 aliphatic rings. The minimum Gasteiger partial charge on any atom is -0.497 e. The van der Waals surface area contributed by atoms with Gasteiger partial charge in [-0.15, -0.1) is 0 Å². The average Bonchev–Trinajstić information content (AvgIpc) is 2.96. The Labute approximate surface area is 121 Å². The van der Waals surface area contributed by atoms with E-state index in [0.29, 0.717) is 18.8 Å². The van der Waals surface area contributed by atoms with Gasteiger partial charge in [0.25, 0.3) is 0 Å². The van der Waals surface area contributed by atoms with Crippen LogP contribution in [0.3, 0.4) is 0 Å². The van der Waals surface area contributed by atoms with Gasteiger partial charge in [0, 0.05) is 24.5 Å². The zero-order chi connectivity index (χ0) is 14.8. The number of nitrogens with one attached hydrogen (secondary N) is 1. The monoisotopic (exact) mass is 288 g/mol. The molecule has 1 aliphatic heterocycles. The Bertz CT molecular complexity index is 674. The maximum absolute atomic E-state index is 10.9. The number of hydrogen-bond acceptors (Lipinski definition) is 5. The van der Waals surface area contributed by atoms with E-state index in [0.717, 1.165) is 16.5 Å². The number of aliphatic carboxylic acids is 1. The molecule has 0 aliphatic carbocycles. The first-order chi connectivity index (χ1) is 10.2. The van der Waals surface area contributed by atoms with Crippen molar-refractivity contribution in [2.45, 2.75) is 18.6 Å². The Morgan fingerprint density at radius 2 is 2.29 bits per heavy atom. The van der Waals surface area contributed by atoms with Crippen LogP contribution in [0.15, 0.2) is 30.5 Å². The summed E-state index contributed by atoms with van der Waals surface area (Å²) in [5.41, 5.74) is 0. The summed E-state index contributed by atoms with van der Waals surface area (Å²) in [6.45, 7) is 0.505. The summed E-state index contributed by atoms with van der Waals surface area (Å²) in [5, 5.41) is 13.8. The SMILES string of the molecule is COc1ccc2c(OC3CNC(C(=O)O)C3)nccc2c1. The lowest BCUT2D eigenvalue weighted by atomic mass is 10.1. The van der Waals surface area contributed by atoms with Crippen molar-refractivity contribution in [1.82, 2.24) is 10.3 Å². The molecule has 2 atom stereocenters. The highest BCUT2D eigenvalue weighted by Crippen LogP contribution is 2.28. The molecule has 0 amide bonds. The zero-order valence-electron chi connectivity index (χ0n) is 11.6. The van der Waals surface area contributed by atoms with E-state index in [1.165, 1.54) is 0 Å². The quantitative estimate of drug-likeness (QED) is 0.886. The molecule has 0 saturated carbocycles. The molecule has 0 spiro atoms. The van der Waals surface area contributed by atoms with E-state index in [2.05, 4.69) is 10.3 Å². The molecule has 21 heavy (non-hydrogen) atoms. The Hall–Kier alpha value is -2.34. The van der Waals surface area contributed by atoms with Crippen LogP contribution in [-0.2, 0) is 4.79 Å². The second-order valence-corrected chi connectivity index (χ2v) is 4.98. The van der Waals surface area contributed by atoms with Gasteiger partial charge in [-0.3, -0.25) is 4.79 Å². The predicted octanol–water partition coefficient (Wildman–Crippen LogP) is 1.44. The van der Waals surface area contributed by atoms with Crippen LogP contribution in [0.5, 0.6) is 11.6 Å². The number of hydrogen-bond donors (Lipinski definition) is 2. The third-order valence-electron chi connectivity index (χ3n) is 3.60. The number of aromatic nitrogens is 1. The molecule has 110 valence electrons. The summed E-state index contributed by atoms with van der Waals surface area (Å²) in [4.78, 5) is 15.2. The Kier molecular flexibility index (Phi) is 3.62. The highest BCUT2D eigenvalue weighted by atomic mass is 16.5. The molecular weight excluding hydrogens is 272 g/mol. The van der Waals surface area contributed by atoms with Crippen molar-refractivity contribution in [3.63, 3.8) is 0 Å². The summed E-state index contributed by atoms with van der Waals surface area (Å²) in [7, 11) is 1.62. The van der Waals surface area contributed by atoms with E-state index < -0.39 is 12.0 Å². The number of methoxy groups -OCH3 is 1. The molecule has 3 rings (SSSR count). The van der Waals surface area contributed by atoms with Crippen LogP contribution >= 0.6 is 0 Å². The lowest BCUT2D eigenvalue weighted by molar-refractivity contribution is -0.139. The van der Waals surface area contributed by atoms with Gasteiger partial charge in [0.05, 0.1) is 7.11 Å². The number of carboxylic acids is 1. The normalized spacial score (nSPS) is 21.4. The van der Waals surface area contributed by atoms with E-state index in [9.17, 15) is 4.79 Å². The van der Waals surface area contributed by atoms with Crippen molar-refractivity contribution in [2.75, 3.05) is 13.7 Å². The molecule has 1 saturated heterocycles. The topological polar surface area (TPSA) is 80.7 Å². The zero-order valence-corrected chi connectivity index (χ0v) is 11.6. The Balaban J connectivity index is 1.83. The van der Waals surface area contributed by atoms with Gasteiger partial charge >= 0.3 is 5.97 Å². The second kappa shape index (κ2) is 5.57. The Morgan fingerprint density at radius 1 is 1.43 bits per heavy atom. The molecule has 0 radical (unpaired) electrons. The molecule has 2 heterocycles. The van der Waals surface area contributed by atoms with Gasteiger partial charge in [-0.05, 0) is 29.7 Å². The first kappa shape index (κ1) is 13.6. The van der Waals surface area contributed by atoms with Gasteiger partial charge in [-0.25, -0.2) is 4.98 Å². The highest BCUT2D eigenvalue weighted by molar-refractivity contribution is 5.87. The number of fused-ring (bicyclic) bond motifs is 1. The van der Waals surface area contributed by atoms with Crippen molar-refractivity contribution in [3.05, 3.63) is 30.5 Å². The number of carboxylic acid groups (broad SMARTS) is 1. The lowest BCUT2D eigenvalue weighted by Crippen LogP contribution is -2.30. The van der Waals surface area contributed by atoms with Crippen LogP contribution in [0.2, 0.25) is 0 Å². The fourth-order valence-electron chi connectivity index (χ4n) is 2.49. The molecule has 1 fully saturated rings. The van der Waals surface area contributed by atoms with Gasteiger partial charge in [-0.2, -0.15) is 0 Å². The third kappa shape index (κ3) is 2.75. The smallest absolute Gasteiger partial charge is 0.320 e. The van der Waals surface area contributed by atoms with Gasteiger partial charge in [0.1, 0.15) is 17.9 Å². The van der Waals surface area contributed by atoms with E-state index in [1.807, 2.05) is 24.3 Å². The van der Waals surface area contributed by atoms with Crippen LogP contribution in [-0.4, -0.2) is 41.9 Å². The van der Waals surface area contributed by atoms with E-state index in [4.69, 9.17) is 14.6 Å². The summed E-state index contributed by atoms with van der Waals surface area (Å²) < 4.78 is 11.1. The fraction of sp³-hybridized carbons (Fsp3) is 0.333. The summed E-state index contributed by atoms with van der Waals surface area (Å²) in [5.74, 6) is 0.442. The molecule has 0 bridgehead atoms. The molecule has 6 heteroatoms. The number of pyridine rings is 1. The van der Waals surface area contributed by atoms with Crippen LogP contribution < -0.4 is 14.8 Å². The number of ether oxygens (including phenoxy) is 2. The van der Waals surface area contributed by atoms with Crippen molar-refractivity contribution in [3.8, 4) is 11.6 Å². The fourth-order valence-corrected chi connectivity index (χ4v) is 2.49. The average molecular weight is 288 g/mol. The molecule has 1 aromatic heterocycles. The van der Waals surface area contributed by atoms with Gasteiger partial charge in [0.15, 0.2) is 0 Å². The van der Waals surface area contributed by atoms with Crippen LogP contribution in [0.4, 0.5) is 0 Å². The van der Waals surface area contributed by atoms with Gasteiger partial charge in [-0.1, -0.05) is 0 Å². The molecule has 2 N–H and O–H groups in total. The maximum Gasteiger partial charge on any atom is 0.320 e. The number of nitrogens with zero attached hydrogens (tertiary/aromatic N) is 1. The number of carbonyl (C=O) groups is 1. The molecule has 2 unspecified atom stereocenters. The van der Waals surface area contributed by atoms with Crippen LogP contribution in [0, 0.1) is 0 Å². The number of benzene rings is 1. The standard InChI is InChI=1S/C15H16N2O4/c1-20-10-2-3-12-9(6-10)4-5-16-14(12)21-11-7-13(15(18)19)17-8-11/h2-6,11,13,17H,7-8H2,1H3,(H,18,19). The molecule has 6 nitrogen and oxygen atoms in total. The Morgan fingerprint density at radius 3 is 3.00 bits per heavy atom.